The van der Waals surface area contributed by atoms with E-state index < -0.39 is 17.8 Å². The number of rotatable bonds is 15. The molecule has 0 aliphatic heterocycles. The molecule has 0 saturated carbocycles. The fourth-order valence-electron chi connectivity index (χ4n) is 4.34. The minimum Gasteiger partial charge on any atom is -0.632 e. The van der Waals surface area contributed by atoms with Crippen molar-refractivity contribution in [1.82, 2.24) is 21.3 Å². The number of carbonyl (C=O) groups excluding carboxylic acids is 4. The van der Waals surface area contributed by atoms with Crippen molar-refractivity contribution in [2.24, 2.45) is 5.92 Å². The molecule has 5 N–H and O–H groups in total. The quantitative estimate of drug-likeness (QED) is 0.0998. The Balaban J connectivity index is -0.000000888. The van der Waals surface area contributed by atoms with Gasteiger partial charge in [0.1, 0.15) is 11.2 Å². The Kier molecular flexibility index (Phi) is 34.0. The Morgan fingerprint density at radius 2 is 1.31 bits per heavy atom. The summed E-state index contributed by atoms with van der Waals surface area (Å²) in [5.74, 6) is 0.193. The molecule has 2 rings (SSSR count). The van der Waals surface area contributed by atoms with Gasteiger partial charge in [0, 0.05) is 26.6 Å². The molecule has 0 aliphatic carbocycles. The predicted molar refractivity (Wildman–Crippen MR) is 215 cm³/mol. The van der Waals surface area contributed by atoms with Gasteiger partial charge in [-0.05, 0) is 84.8 Å². The van der Waals surface area contributed by atoms with Gasteiger partial charge in [-0.3, -0.25) is 14.4 Å². The first-order valence-electron chi connectivity index (χ1n) is 18.6. The summed E-state index contributed by atoms with van der Waals surface area (Å²) < 4.78 is 9.87. The van der Waals surface area contributed by atoms with E-state index in [0.29, 0.717) is 44.7 Å². The summed E-state index contributed by atoms with van der Waals surface area (Å²) in [5.41, 5.74) is 1.43. The van der Waals surface area contributed by atoms with Gasteiger partial charge in [-0.2, -0.15) is 0 Å². The monoisotopic (exact) mass is 797 g/mol. The number of hydrogen-bond donors (Lipinski definition) is 5. The van der Waals surface area contributed by atoms with Crippen molar-refractivity contribution < 1.29 is 89.9 Å². The minimum absolute atomic E-state index is 0. The van der Waals surface area contributed by atoms with E-state index in [-0.39, 0.29) is 87.5 Å². The second kappa shape index (κ2) is 33.2. The third-order valence-electron chi connectivity index (χ3n) is 6.59. The topological polar surface area (TPSA) is 186 Å². The number of ether oxygens (including phenoxy) is 2. The molecule has 4 amide bonds. The molecule has 0 saturated heterocycles. The first-order valence-corrected chi connectivity index (χ1v) is 18.6. The van der Waals surface area contributed by atoms with Crippen LogP contribution in [0.3, 0.4) is 0 Å². The third kappa shape index (κ3) is 36.4. The molecule has 306 valence electrons. The SMILES string of the molecule is CCCCNC(=O)OC(C)(C)C.CCNC(=O)C(CC(C)C)[N-][C@@H](Cc1ccccc1)NC(=O)CCc1ccccc1.CNC(=O)OC(C)(C)C.O=CO.[K+]. The van der Waals surface area contributed by atoms with E-state index >= 15 is 0 Å². The molecule has 0 aliphatic rings. The normalized spacial score (nSPS) is 11.4. The molecule has 2 aromatic rings. The van der Waals surface area contributed by atoms with Gasteiger partial charge in [-0.25, -0.2) is 9.59 Å². The molecular weight excluding hydrogens is 730 g/mol. The van der Waals surface area contributed by atoms with Crippen molar-refractivity contribution in [1.29, 1.82) is 0 Å². The number of hydrogen-bond acceptors (Lipinski definition) is 7. The van der Waals surface area contributed by atoms with Crippen LogP contribution in [0, 0.1) is 5.92 Å². The van der Waals surface area contributed by atoms with Crippen LogP contribution in [0.4, 0.5) is 9.59 Å². The van der Waals surface area contributed by atoms with Gasteiger partial charge >= 0.3 is 63.6 Å². The molecule has 0 spiro atoms. The number of nitrogens with zero attached hydrogens (tertiary/aromatic N) is 1. The van der Waals surface area contributed by atoms with Crippen molar-refractivity contribution in [3.63, 3.8) is 0 Å². The van der Waals surface area contributed by atoms with Crippen LogP contribution in [-0.2, 0) is 36.7 Å². The summed E-state index contributed by atoms with van der Waals surface area (Å²) in [6.07, 6.45) is 3.20. The number of carboxylic acid groups (broad SMARTS) is 1. The molecule has 0 radical (unpaired) electrons. The van der Waals surface area contributed by atoms with Crippen LogP contribution < -0.4 is 72.7 Å². The molecule has 1 unspecified atom stereocenters. The Morgan fingerprint density at radius 1 is 0.818 bits per heavy atom. The van der Waals surface area contributed by atoms with E-state index in [1.165, 1.54) is 7.05 Å². The summed E-state index contributed by atoms with van der Waals surface area (Å²) in [5, 5.41) is 22.6. The van der Waals surface area contributed by atoms with Crippen LogP contribution in [0.1, 0.15) is 106 Å². The molecule has 0 fully saturated rings. The van der Waals surface area contributed by atoms with Crippen molar-refractivity contribution in [2.45, 2.75) is 131 Å². The minimum atomic E-state index is -0.479. The van der Waals surface area contributed by atoms with Crippen molar-refractivity contribution in [3.05, 3.63) is 77.1 Å². The van der Waals surface area contributed by atoms with Crippen LogP contribution in [0.2, 0.25) is 0 Å². The predicted octanol–water partition coefficient (Wildman–Crippen LogP) is 4.39. The molecule has 0 heterocycles. The van der Waals surface area contributed by atoms with Gasteiger partial charge in [-0.15, -0.1) is 0 Å². The smallest absolute Gasteiger partial charge is 0.632 e. The number of likely N-dealkylation sites (N-methyl/N-ethyl adjacent to an activating group) is 1. The van der Waals surface area contributed by atoms with Crippen molar-refractivity contribution in [2.75, 3.05) is 20.1 Å². The Bertz CT molecular complexity index is 1300. The standard InChI is InChI=1S/C25H34N3O2.C9H19NO2.C6H13NO2.CH2O2.K/c1-4-26-25(30)22(17-19(2)3)27-23(18-21-13-9-6-10-14-21)28-24(29)16-15-20-11-7-5-8-12-20;1-5-6-7-10-8(11)12-9(2,3)4;1-6(2,3)9-5(8)7-4;2-1-3;/h5-14,19,22-23H,4,15-18H2,1-3H3,(H,26,30)(H,28,29);5-7H2,1-4H3,(H,10,11);1-4H3,(H,7,8);1H,(H,2,3);/q-1;;;;+1/t22?,23-;;;;/m1..../s1. The van der Waals surface area contributed by atoms with Crippen molar-refractivity contribution >= 4 is 30.5 Å². The molecule has 2 aromatic carbocycles. The van der Waals surface area contributed by atoms with E-state index in [1.54, 1.807) is 0 Å². The summed E-state index contributed by atoms with van der Waals surface area (Å²) in [6, 6.07) is 19.4. The second-order valence-corrected chi connectivity index (χ2v) is 14.6. The Morgan fingerprint density at radius 3 is 1.73 bits per heavy atom. The summed E-state index contributed by atoms with van der Waals surface area (Å²) in [4.78, 5) is 55.0. The molecule has 0 bridgehead atoms. The van der Waals surface area contributed by atoms with Crippen LogP contribution in [0.5, 0.6) is 0 Å². The number of nitrogens with one attached hydrogen (secondary N) is 4. The second-order valence-electron chi connectivity index (χ2n) is 14.6. The number of carbonyl (C=O) groups is 5. The number of aryl methyl sites for hydroxylation is 1. The average Bonchev–Trinajstić information content (AvgIpc) is 3.07. The summed E-state index contributed by atoms with van der Waals surface area (Å²) >= 11 is 0. The zero-order chi connectivity index (χ0) is 41.6. The maximum atomic E-state index is 12.6. The van der Waals surface area contributed by atoms with Crippen LogP contribution >= 0.6 is 0 Å². The van der Waals surface area contributed by atoms with E-state index in [4.69, 9.17) is 24.7 Å². The Labute approximate surface area is 373 Å². The number of amides is 4. The first-order chi connectivity index (χ1) is 25.3. The maximum Gasteiger partial charge on any atom is 1.00 e. The molecule has 14 heteroatoms. The average molecular weight is 798 g/mol. The van der Waals surface area contributed by atoms with Crippen LogP contribution in [0.15, 0.2) is 60.7 Å². The molecule has 0 aromatic heterocycles. The maximum absolute atomic E-state index is 12.6. The zero-order valence-electron chi connectivity index (χ0n) is 35.5. The van der Waals surface area contributed by atoms with Crippen molar-refractivity contribution in [3.8, 4) is 0 Å². The summed E-state index contributed by atoms with van der Waals surface area (Å²) in [7, 11) is 1.54. The largest absolute Gasteiger partial charge is 1.00 e. The first kappa shape index (κ1) is 56.3. The molecule has 13 nitrogen and oxygen atoms in total. The van der Waals surface area contributed by atoms with E-state index in [0.717, 1.165) is 24.0 Å². The fraction of sp³-hybridized carbons (Fsp3) is 0.585. The van der Waals surface area contributed by atoms with Crippen LogP contribution in [0.25, 0.3) is 5.32 Å². The number of alkyl carbamates (subject to hydrolysis) is 2. The number of benzene rings is 2. The Hall–Kier alpha value is -3.01. The van der Waals surface area contributed by atoms with Gasteiger partial charge in [0.2, 0.25) is 11.8 Å². The van der Waals surface area contributed by atoms with Gasteiger partial charge < -0.3 is 41.2 Å². The number of unbranched alkanes of at least 4 members (excludes halogenated alkanes) is 1. The van der Waals surface area contributed by atoms with Crippen LogP contribution in [-0.4, -0.2) is 79.1 Å². The molecule has 2 atom stereocenters. The third-order valence-corrected chi connectivity index (χ3v) is 6.59. The molecule has 55 heavy (non-hydrogen) atoms. The fourth-order valence-corrected chi connectivity index (χ4v) is 4.34. The van der Waals surface area contributed by atoms with E-state index in [2.05, 4.69) is 42.0 Å². The van der Waals surface area contributed by atoms with Gasteiger partial charge in [0.25, 0.3) is 6.47 Å². The van der Waals surface area contributed by atoms with Gasteiger partial charge in [-0.1, -0.05) is 106 Å². The van der Waals surface area contributed by atoms with E-state index in [9.17, 15) is 19.2 Å². The zero-order valence-corrected chi connectivity index (χ0v) is 38.6. The van der Waals surface area contributed by atoms with E-state index in [1.807, 2.05) is 109 Å². The summed E-state index contributed by atoms with van der Waals surface area (Å²) in [6.45, 7) is 20.2. The van der Waals surface area contributed by atoms with Gasteiger partial charge in [0.05, 0.1) is 0 Å². The molecular formula is C41H68KN5O8. The van der Waals surface area contributed by atoms with Gasteiger partial charge in [0.15, 0.2) is 0 Å².